The number of rotatable bonds is 3. The molecule has 0 amide bonds. The lowest BCUT2D eigenvalue weighted by atomic mass is 9.98. The molecule has 8 heteroatoms. The number of nitrogens with zero attached hydrogens (tertiary/aromatic N) is 5. The van der Waals surface area contributed by atoms with E-state index in [-0.39, 0.29) is 17.8 Å². The summed E-state index contributed by atoms with van der Waals surface area (Å²) in [5, 5.41) is 13.3. The van der Waals surface area contributed by atoms with Crippen LogP contribution in [0, 0.1) is 18.3 Å². The monoisotopic (exact) mass is 329 g/mol. The molecular weight excluding hydrogens is 310 g/mol. The molecule has 2 atom stereocenters. The van der Waals surface area contributed by atoms with E-state index < -0.39 is 0 Å². The third-order valence-corrected chi connectivity index (χ3v) is 4.87. The Hall–Kier alpha value is -2.24. The topological polar surface area (TPSA) is 104 Å². The highest BCUT2D eigenvalue weighted by molar-refractivity contribution is 7.10. The second kappa shape index (κ2) is 6.48. The quantitative estimate of drug-likeness (QED) is 0.889. The zero-order valence-electron chi connectivity index (χ0n) is 13.2. The van der Waals surface area contributed by atoms with Crippen LogP contribution < -0.4 is 16.0 Å². The van der Waals surface area contributed by atoms with Gasteiger partial charge in [0.1, 0.15) is 16.9 Å². The van der Waals surface area contributed by atoms with Crippen molar-refractivity contribution in [3.63, 3.8) is 0 Å². The number of aromatic nitrogens is 3. The minimum absolute atomic E-state index is 0.127. The molecule has 7 nitrogen and oxygen atoms in total. The van der Waals surface area contributed by atoms with Crippen molar-refractivity contribution in [3.8, 4) is 6.07 Å². The molecule has 23 heavy (non-hydrogen) atoms. The Kier molecular flexibility index (Phi) is 4.41. The number of hydrogen-bond donors (Lipinski definition) is 2. The third-order valence-electron chi connectivity index (χ3n) is 4.08. The molecule has 2 aromatic rings. The van der Waals surface area contributed by atoms with Crippen molar-refractivity contribution in [1.82, 2.24) is 14.3 Å². The molecule has 0 radical (unpaired) electrons. The first-order valence-electron chi connectivity index (χ1n) is 7.58. The number of hydrogen-bond acceptors (Lipinski definition) is 8. The molecule has 3 N–H and O–H groups in total. The summed E-state index contributed by atoms with van der Waals surface area (Å²) in [4.78, 5) is 11.0. The van der Waals surface area contributed by atoms with Gasteiger partial charge in [-0.05, 0) is 44.3 Å². The van der Waals surface area contributed by atoms with Crippen molar-refractivity contribution in [3.05, 3.63) is 23.7 Å². The molecule has 0 saturated carbocycles. The van der Waals surface area contributed by atoms with Crippen molar-refractivity contribution in [1.29, 1.82) is 5.26 Å². The number of anilines is 3. The van der Waals surface area contributed by atoms with E-state index in [4.69, 9.17) is 5.73 Å². The summed E-state index contributed by atoms with van der Waals surface area (Å²) < 4.78 is 4.22. The maximum absolute atomic E-state index is 9.26. The lowest BCUT2D eigenvalue weighted by Crippen LogP contribution is -2.50. The van der Waals surface area contributed by atoms with Gasteiger partial charge in [0.05, 0.1) is 11.9 Å². The first-order valence-corrected chi connectivity index (χ1v) is 8.35. The average molecular weight is 329 g/mol. The van der Waals surface area contributed by atoms with Crippen molar-refractivity contribution in [2.24, 2.45) is 5.73 Å². The summed E-state index contributed by atoms with van der Waals surface area (Å²) in [6.45, 7) is 4.92. The Morgan fingerprint density at radius 2 is 2.35 bits per heavy atom. The van der Waals surface area contributed by atoms with E-state index in [0.717, 1.165) is 35.9 Å². The fourth-order valence-corrected chi connectivity index (χ4v) is 3.38. The molecule has 1 aliphatic rings. The van der Waals surface area contributed by atoms with Gasteiger partial charge < -0.3 is 16.0 Å². The number of piperidine rings is 1. The molecule has 120 valence electrons. The molecular formula is C15H19N7S. The maximum atomic E-state index is 9.26. The molecule has 2 aromatic heterocycles. The predicted molar refractivity (Wildman–Crippen MR) is 90.9 cm³/mol. The van der Waals surface area contributed by atoms with Crippen LogP contribution in [-0.2, 0) is 0 Å². The summed E-state index contributed by atoms with van der Waals surface area (Å²) in [7, 11) is 0. The van der Waals surface area contributed by atoms with Gasteiger partial charge in [0.2, 0.25) is 0 Å². The fourth-order valence-electron chi connectivity index (χ4n) is 2.72. The highest BCUT2D eigenvalue weighted by Gasteiger charge is 2.27. The number of nitrogens with two attached hydrogens (primary N) is 1. The highest BCUT2D eigenvalue weighted by Crippen LogP contribution is 2.26. The molecule has 2 unspecified atom stereocenters. The Balaban J connectivity index is 1.91. The van der Waals surface area contributed by atoms with Gasteiger partial charge >= 0.3 is 0 Å². The van der Waals surface area contributed by atoms with Crippen LogP contribution in [0.4, 0.5) is 16.6 Å². The van der Waals surface area contributed by atoms with Gasteiger partial charge in [0, 0.05) is 18.6 Å². The average Bonchev–Trinajstić information content (AvgIpc) is 2.95. The molecule has 3 heterocycles. The van der Waals surface area contributed by atoms with Crippen molar-refractivity contribution < 1.29 is 0 Å². The Morgan fingerprint density at radius 3 is 3.04 bits per heavy atom. The standard InChI is InChI=1S/C15H19N7S/c1-9-6-14(23-21-9)20-15-12(7-16)18-8-13(19-15)22-5-3-4-11(17)10(22)2/h6,8,10-11H,3-5,17H2,1-2H3,(H,19,20). The van der Waals surface area contributed by atoms with Crippen LogP contribution >= 0.6 is 11.5 Å². The Labute approximate surface area is 139 Å². The van der Waals surface area contributed by atoms with Gasteiger partial charge in [0.25, 0.3) is 0 Å². The molecule has 1 saturated heterocycles. The van der Waals surface area contributed by atoms with Crippen molar-refractivity contribution in [2.45, 2.75) is 38.8 Å². The molecule has 0 aromatic carbocycles. The van der Waals surface area contributed by atoms with Gasteiger partial charge in [-0.2, -0.15) is 9.64 Å². The van der Waals surface area contributed by atoms with Gasteiger partial charge in [-0.3, -0.25) is 0 Å². The largest absolute Gasteiger partial charge is 0.351 e. The number of nitrogens with one attached hydrogen (secondary N) is 1. The van der Waals surface area contributed by atoms with Crippen LogP contribution in [0.15, 0.2) is 12.3 Å². The van der Waals surface area contributed by atoms with E-state index in [2.05, 4.69) is 37.6 Å². The summed E-state index contributed by atoms with van der Waals surface area (Å²) in [5.74, 6) is 1.20. The molecule has 1 fully saturated rings. The summed E-state index contributed by atoms with van der Waals surface area (Å²) >= 11 is 1.33. The first-order chi connectivity index (χ1) is 11.1. The summed E-state index contributed by atoms with van der Waals surface area (Å²) in [6.07, 6.45) is 3.70. The van der Waals surface area contributed by atoms with E-state index in [0.29, 0.717) is 5.82 Å². The SMILES string of the molecule is Cc1cc(Nc2nc(N3CCCC(N)C3C)cnc2C#N)sn1. The van der Waals surface area contributed by atoms with Crippen LogP contribution in [-0.4, -0.2) is 33.0 Å². The van der Waals surface area contributed by atoms with Crippen molar-refractivity contribution in [2.75, 3.05) is 16.8 Å². The highest BCUT2D eigenvalue weighted by atomic mass is 32.1. The van der Waals surface area contributed by atoms with E-state index in [1.807, 2.05) is 13.0 Å². The minimum atomic E-state index is 0.127. The zero-order valence-corrected chi connectivity index (χ0v) is 14.0. The molecule has 0 aliphatic carbocycles. The zero-order chi connectivity index (χ0) is 16.4. The van der Waals surface area contributed by atoms with Crippen LogP contribution in [0.1, 0.15) is 31.2 Å². The normalized spacial score (nSPS) is 21.0. The predicted octanol–water partition coefficient (Wildman–Crippen LogP) is 2.17. The van der Waals surface area contributed by atoms with E-state index in [1.54, 1.807) is 6.20 Å². The van der Waals surface area contributed by atoms with Crippen LogP contribution in [0.2, 0.25) is 0 Å². The number of nitriles is 1. The van der Waals surface area contributed by atoms with Gasteiger partial charge in [-0.1, -0.05) is 0 Å². The second-order valence-corrected chi connectivity index (χ2v) is 6.54. The number of aryl methyl sites for hydroxylation is 1. The summed E-state index contributed by atoms with van der Waals surface area (Å²) in [6, 6.07) is 4.32. The van der Waals surface area contributed by atoms with Gasteiger partial charge in [-0.25, -0.2) is 9.97 Å². The second-order valence-electron chi connectivity index (χ2n) is 5.73. The Bertz CT molecular complexity index is 736. The molecule has 1 aliphatic heterocycles. The molecule has 0 bridgehead atoms. The fraction of sp³-hybridized carbons (Fsp3) is 0.467. The lowest BCUT2D eigenvalue weighted by molar-refractivity contribution is 0.418. The first kappa shape index (κ1) is 15.6. The van der Waals surface area contributed by atoms with Crippen LogP contribution in [0.25, 0.3) is 0 Å². The van der Waals surface area contributed by atoms with E-state index in [9.17, 15) is 5.26 Å². The van der Waals surface area contributed by atoms with Gasteiger partial charge in [0.15, 0.2) is 11.5 Å². The Morgan fingerprint density at radius 1 is 1.52 bits per heavy atom. The van der Waals surface area contributed by atoms with Gasteiger partial charge in [-0.15, -0.1) is 0 Å². The van der Waals surface area contributed by atoms with E-state index >= 15 is 0 Å². The maximum Gasteiger partial charge on any atom is 0.183 e. The smallest absolute Gasteiger partial charge is 0.183 e. The molecule has 3 rings (SSSR count). The van der Waals surface area contributed by atoms with Crippen LogP contribution in [0.5, 0.6) is 0 Å². The van der Waals surface area contributed by atoms with Crippen LogP contribution in [0.3, 0.4) is 0 Å². The summed E-state index contributed by atoms with van der Waals surface area (Å²) in [5.41, 5.74) is 7.36. The van der Waals surface area contributed by atoms with E-state index in [1.165, 1.54) is 11.5 Å². The lowest BCUT2D eigenvalue weighted by Gasteiger charge is -2.38. The van der Waals surface area contributed by atoms with Crippen molar-refractivity contribution >= 4 is 28.2 Å². The molecule has 0 spiro atoms. The minimum Gasteiger partial charge on any atom is -0.351 e. The third kappa shape index (κ3) is 3.25.